The Morgan fingerprint density at radius 3 is 2.62 bits per heavy atom. The van der Waals surface area contributed by atoms with Crippen molar-refractivity contribution in [3.05, 3.63) is 46.9 Å². The van der Waals surface area contributed by atoms with Crippen LogP contribution in [-0.4, -0.2) is 76.1 Å². The zero-order valence-electron chi connectivity index (χ0n) is 18.4. The largest absolute Gasteiger partial charge is 0.353 e. The quantitative estimate of drug-likeness (QED) is 0.343. The minimum atomic E-state index is -0.428. The first kappa shape index (κ1) is 24.3. The molecule has 1 aliphatic heterocycles. The van der Waals surface area contributed by atoms with Crippen LogP contribution in [0.4, 0.5) is 10.2 Å². The molecule has 1 saturated heterocycles. The van der Waals surface area contributed by atoms with Gasteiger partial charge in [-0.25, -0.2) is 14.4 Å². The fraction of sp³-hybridized carbons (Fsp3) is 0.455. The van der Waals surface area contributed by atoms with E-state index in [-0.39, 0.29) is 23.6 Å². The van der Waals surface area contributed by atoms with E-state index in [0.29, 0.717) is 54.4 Å². The maximum absolute atomic E-state index is 13.5. The number of thioether (sulfide) groups is 1. The summed E-state index contributed by atoms with van der Waals surface area (Å²) < 4.78 is 13.5. The zero-order valence-corrected chi connectivity index (χ0v) is 20.0. The van der Waals surface area contributed by atoms with Gasteiger partial charge in [0, 0.05) is 50.4 Å². The Balaban J connectivity index is 1.66. The van der Waals surface area contributed by atoms with Gasteiger partial charge < -0.3 is 14.7 Å². The van der Waals surface area contributed by atoms with Gasteiger partial charge >= 0.3 is 0 Å². The van der Waals surface area contributed by atoms with E-state index in [9.17, 15) is 14.0 Å². The Morgan fingerprint density at radius 1 is 1.22 bits per heavy atom. The fourth-order valence-electron chi connectivity index (χ4n) is 3.66. The molecule has 0 N–H and O–H groups in total. The van der Waals surface area contributed by atoms with Crippen molar-refractivity contribution >= 4 is 41.0 Å². The maximum Gasteiger partial charge on any atom is 0.254 e. The summed E-state index contributed by atoms with van der Waals surface area (Å²) in [5, 5.41) is 0.748. The molecule has 1 atom stereocenters. The molecule has 0 bridgehead atoms. The number of hydrogen-bond donors (Lipinski definition) is 0. The average molecular weight is 480 g/mol. The first-order valence-electron chi connectivity index (χ1n) is 10.6. The van der Waals surface area contributed by atoms with Crippen LogP contribution in [0.5, 0.6) is 0 Å². The third-order valence-electron chi connectivity index (χ3n) is 5.39. The van der Waals surface area contributed by atoms with Gasteiger partial charge in [0.05, 0.1) is 5.75 Å². The van der Waals surface area contributed by atoms with Crippen molar-refractivity contribution in [2.45, 2.75) is 32.0 Å². The van der Waals surface area contributed by atoms with Crippen molar-refractivity contribution < 1.29 is 14.0 Å². The summed E-state index contributed by atoms with van der Waals surface area (Å²) in [6, 6.07) is 7.33. The first-order valence-corrected chi connectivity index (χ1v) is 11.9. The number of carbonyl (C=O) groups is 2. The molecule has 0 spiro atoms. The van der Waals surface area contributed by atoms with Crippen LogP contribution in [0, 0.1) is 5.82 Å². The van der Waals surface area contributed by atoms with E-state index in [0.717, 1.165) is 0 Å². The van der Waals surface area contributed by atoms with Crippen molar-refractivity contribution in [3.63, 3.8) is 0 Å². The average Bonchev–Trinajstić information content (AvgIpc) is 2.77. The maximum atomic E-state index is 13.5. The molecular weight excluding hydrogens is 453 g/mol. The van der Waals surface area contributed by atoms with E-state index in [1.54, 1.807) is 21.9 Å². The predicted octanol–water partition coefficient (Wildman–Crippen LogP) is 3.58. The molecule has 0 radical (unpaired) electrons. The van der Waals surface area contributed by atoms with Gasteiger partial charge in [0.1, 0.15) is 16.8 Å². The minimum Gasteiger partial charge on any atom is -0.353 e. The van der Waals surface area contributed by atoms with Crippen LogP contribution < -0.4 is 4.90 Å². The van der Waals surface area contributed by atoms with Crippen molar-refractivity contribution in [1.29, 1.82) is 0 Å². The van der Waals surface area contributed by atoms with Crippen LogP contribution in [0.25, 0.3) is 0 Å². The Bertz CT molecular complexity index is 975. The van der Waals surface area contributed by atoms with Gasteiger partial charge in [0.15, 0.2) is 5.16 Å². The smallest absolute Gasteiger partial charge is 0.254 e. The zero-order chi connectivity index (χ0) is 23.3. The van der Waals surface area contributed by atoms with Crippen molar-refractivity contribution in [3.8, 4) is 0 Å². The SMILES string of the molecule is CCN(CC)C(=O)CSc1nc(Cl)cc(N2CCN(C(=O)c3cccc(F)c3)C(C)C2)n1. The Labute approximate surface area is 196 Å². The second kappa shape index (κ2) is 11.0. The third kappa shape index (κ3) is 5.89. The normalized spacial score (nSPS) is 16.2. The lowest BCUT2D eigenvalue weighted by atomic mass is 10.1. The van der Waals surface area contributed by atoms with Crippen LogP contribution in [0.2, 0.25) is 5.15 Å². The third-order valence-corrected chi connectivity index (χ3v) is 6.41. The standard InChI is InChI=1S/C22H27ClFN5O2S/c1-4-27(5-2)20(30)14-32-22-25-18(23)12-19(26-22)28-9-10-29(15(3)13-28)21(31)16-7-6-8-17(24)11-16/h6-8,11-12,15H,4-5,9-10,13-14H2,1-3H3. The fourth-order valence-corrected chi connectivity index (χ4v) is 4.64. The molecule has 1 aliphatic rings. The second-order valence-electron chi connectivity index (χ2n) is 7.49. The number of anilines is 1. The van der Waals surface area contributed by atoms with Gasteiger partial charge in [0.25, 0.3) is 5.91 Å². The van der Waals surface area contributed by atoms with E-state index < -0.39 is 5.82 Å². The summed E-state index contributed by atoms with van der Waals surface area (Å²) in [4.78, 5) is 39.5. The van der Waals surface area contributed by atoms with E-state index in [4.69, 9.17) is 11.6 Å². The highest BCUT2D eigenvalue weighted by Gasteiger charge is 2.29. The van der Waals surface area contributed by atoms with Crippen molar-refractivity contribution in [1.82, 2.24) is 19.8 Å². The molecule has 1 aromatic heterocycles. The molecule has 0 saturated carbocycles. The molecule has 0 aliphatic carbocycles. The molecular formula is C22H27ClFN5O2S. The molecule has 7 nitrogen and oxygen atoms in total. The van der Waals surface area contributed by atoms with Gasteiger partial charge in [0.2, 0.25) is 5.91 Å². The number of amides is 2. The number of hydrogen-bond acceptors (Lipinski definition) is 6. The summed E-state index contributed by atoms with van der Waals surface area (Å²) in [5.74, 6) is 0.315. The van der Waals surface area contributed by atoms with Crippen LogP contribution in [-0.2, 0) is 4.79 Å². The van der Waals surface area contributed by atoms with E-state index in [2.05, 4.69) is 9.97 Å². The van der Waals surface area contributed by atoms with E-state index >= 15 is 0 Å². The lowest BCUT2D eigenvalue weighted by Gasteiger charge is -2.40. The first-order chi connectivity index (χ1) is 15.3. The highest BCUT2D eigenvalue weighted by Crippen LogP contribution is 2.25. The number of nitrogens with zero attached hydrogens (tertiary/aromatic N) is 5. The minimum absolute atomic E-state index is 0.0308. The summed E-state index contributed by atoms with van der Waals surface area (Å²) in [6.07, 6.45) is 0. The van der Waals surface area contributed by atoms with Gasteiger partial charge in [-0.15, -0.1) is 0 Å². The lowest BCUT2D eigenvalue weighted by molar-refractivity contribution is -0.127. The predicted molar refractivity (Wildman–Crippen MR) is 125 cm³/mol. The highest BCUT2D eigenvalue weighted by atomic mass is 35.5. The van der Waals surface area contributed by atoms with Gasteiger partial charge in [-0.3, -0.25) is 9.59 Å². The number of aromatic nitrogens is 2. The van der Waals surface area contributed by atoms with Gasteiger partial charge in [-0.05, 0) is 39.0 Å². The molecule has 1 fully saturated rings. The number of halogens is 2. The van der Waals surface area contributed by atoms with Crippen LogP contribution in [0.1, 0.15) is 31.1 Å². The van der Waals surface area contributed by atoms with E-state index in [1.165, 1.54) is 30.0 Å². The number of rotatable bonds is 7. The number of piperazine rings is 1. The molecule has 2 heterocycles. The van der Waals surface area contributed by atoms with Gasteiger partial charge in [-0.2, -0.15) is 0 Å². The molecule has 1 aromatic carbocycles. The molecule has 32 heavy (non-hydrogen) atoms. The molecule has 2 amide bonds. The van der Waals surface area contributed by atoms with Crippen LogP contribution in [0.15, 0.2) is 35.5 Å². The lowest BCUT2D eigenvalue weighted by Crippen LogP contribution is -2.54. The van der Waals surface area contributed by atoms with Crippen molar-refractivity contribution in [2.24, 2.45) is 0 Å². The Kier molecular flexibility index (Phi) is 8.31. The molecule has 2 aromatic rings. The molecule has 10 heteroatoms. The highest BCUT2D eigenvalue weighted by molar-refractivity contribution is 7.99. The number of benzene rings is 1. The second-order valence-corrected chi connectivity index (χ2v) is 8.82. The van der Waals surface area contributed by atoms with Crippen LogP contribution in [0.3, 0.4) is 0 Å². The Morgan fingerprint density at radius 2 is 1.97 bits per heavy atom. The number of carbonyl (C=O) groups excluding carboxylic acids is 2. The molecule has 1 unspecified atom stereocenters. The summed E-state index contributed by atoms with van der Waals surface area (Å²) in [5.41, 5.74) is 0.340. The van der Waals surface area contributed by atoms with Crippen LogP contribution >= 0.6 is 23.4 Å². The summed E-state index contributed by atoms with van der Waals surface area (Å²) in [6.45, 7) is 8.74. The van der Waals surface area contributed by atoms with E-state index in [1.807, 2.05) is 25.7 Å². The summed E-state index contributed by atoms with van der Waals surface area (Å²) >= 11 is 7.49. The van der Waals surface area contributed by atoms with Gasteiger partial charge in [-0.1, -0.05) is 29.4 Å². The van der Waals surface area contributed by atoms with Crippen molar-refractivity contribution in [2.75, 3.05) is 43.4 Å². The molecule has 172 valence electrons. The topological polar surface area (TPSA) is 69.6 Å². The monoisotopic (exact) mass is 479 g/mol. The molecule has 3 rings (SSSR count). The summed E-state index contributed by atoms with van der Waals surface area (Å²) in [7, 11) is 0. The Hall–Kier alpha value is -2.39.